The molecule has 0 unspecified atom stereocenters. The van der Waals surface area contributed by atoms with Gasteiger partial charge in [0.05, 0.1) is 4.88 Å². The summed E-state index contributed by atoms with van der Waals surface area (Å²) in [6.45, 7) is 5.58. The Kier molecular flexibility index (Phi) is 7.70. The van der Waals surface area contributed by atoms with Crippen LogP contribution in [-0.4, -0.2) is 72.2 Å². The summed E-state index contributed by atoms with van der Waals surface area (Å²) in [6.07, 6.45) is 5.10. The van der Waals surface area contributed by atoms with E-state index in [1.165, 1.54) is 11.3 Å². The molecule has 0 bridgehead atoms. The minimum Gasteiger partial charge on any atom is -0.346 e. The minimum absolute atomic E-state index is 0.00173. The number of thiophene rings is 1. The number of carbonyl (C=O) groups excluding carboxylic acids is 3. The first kappa shape index (κ1) is 21.8. The molecule has 0 saturated carbocycles. The lowest BCUT2D eigenvalue weighted by Gasteiger charge is -2.37. The zero-order chi connectivity index (χ0) is 20.8. The molecule has 6 nitrogen and oxygen atoms in total. The van der Waals surface area contributed by atoms with Crippen molar-refractivity contribution in [3.8, 4) is 0 Å². The Morgan fingerprint density at radius 3 is 2.24 bits per heavy atom. The van der Waals surface area contributed by atoms with Crippen LogP contribution in [-0.2, 0) is 9.59 Å². The van der Waals surface area contributed by atoms with E-state index in [0.29, 0.717) is 26.2 Å². The molecule has 1 aromatic rings. The van der Waals surface area contributed by atoms with Gasteiger partial charge in [0.15, 0.2) is 0 Å². The predicted molar refractivity (Wildman–Crippen MR) is 115 cm³/mol. The molecule has 160 valence electrons. The smallest absolute Gasteiger partial charge is 0.263 e. The normalized spacial score (nSPS) is 18.7. The monoisotopic (exact) mass is 419 g/mol. The molecule has 3 amide bonds. The second kappa shape index (κ2) is 10.2. The van der Waals surface area contributed by atoms with Crippen LogP contribution in [0.1, 0.15) is 55.1 Å². The standard InChI is InChI=1S/C22H33N3O3S/c1-3-4-11-23(2)20(26)17-7-12-24(13-8-17)21(27)18-9-14-25(15-10-18)22(28)19-6-5-16-29-19/h5-6,16-18H,3-4,7-15H2,1-2H3. The summed E-state index contributed by atoms with van der Waals surface area (Å²) in [6, 6.07) is 3.75. The van der Waals surface area contributed by atoms with Crippen LogP contribution in [0, 0.1) is 11.8 Å². The molecule has 3 heterocycles. The molecule has 0 aromatic carbocycles. The maximum Gasteiger partial charge on any atom is 0.263 e. The van der Waals surface area contributed by atoms with Crippen molar-refractivity contribution in [3.05, 3.63) is 22.4 Å². The Balaban J connectivity index is 1.43. The van der Waals surface area contributed by atoms with Crippen molar-refractivity contribution in [2.45, 2.75) is 45.4 Å². The molecule has 0 N–H and O–H groups in total. The number of piperidine rings is 2. The van der Waals surface area contributed by atoms with Gasteiger partial charge >= 0.3 is 0 Å². The maximum absolute atomic E-state index is 12.9. The number of rotatable bonds is 6. The average Bonchev–Trinajstić information content (AvgIpc) is 3.31. The van der Waals surface area contributed by atoms with E-state index in [1.807, 2.05) is 39.3 Å². The van der Waals surface area contributed by atoms with Crippen LogP contribution in [0.5, 0.6) is 0 Å². The van der Waals surface area contributed by atoms with Gasteiger partial charge in [-0.3, -0.25) is 14.4 Å². The van der Waals surface area contributed by atoms with Gasteiger partial charge in [-0.05, 0) is 43.6 Å². The molecule has 2 aliphatic heterocycles. The molecule has 0 spiro atoms. The Labute approximate surface area is 177 Å². The molecule has 2 saturated heterocycles. The lowest BCUT2D eigenvalue weighted by atomic mass is 9.91. The maximum atomic E-state index is 12.9. The van der Waals surface area contributed by atoms with Crippen molar-refractivity contribution < 1.29 is 14.4 Å². The molecule has 0 radical (unpaired) electrons. The molecule has 2 aliphatic rings. The summed E-state index contributed by atoms with van der Waals surface area (Å²) in [5.74, 6) is 0.565. The first-order chi connectivity index (χ1) is 14.0. The lowest BCUT2D eigenvalue weighted by molar-refractivity contribution is -0.142. The molecule has 29 heavy (non-hydrogen) atoms. The average molecular weight is 420 g/mol. The van der Waals surface area contributed by atoms with Crippen LogP contribution < -0.4 is 0 Å². The number of nitrogens with zero attached hydrogens (tertiary/aromatic N) is 3. The number of carbonyl (C=O) groups is 3. The fraction of sp³-hybridized carbons (Fsp3) is 0.682. The number of amides is 3. The summed E-state index contributed by atoms with van der Waals surface area (Å²) in [5.41, 5.74) is 0. The van der Waals surface area contributed by atoms with Crippen molar-refractivity contribution in [1.29, 1.82) is 0 Å². The molecule has 3 rings (SSSR count). The van der Waals surface area contributed by atoms with Crippen LogP contribution in [0.4, 0.5) is 0 Å². The third-order valence-corrected chi connectivity index (χ3v) is 7.10. The number of hydrogen-bond donors (Lipinski definition) is 0. The van der Waals surface area contributed by atoms with Gasteiger partial charge < -0.3 is 14.7 Å². The third kappa shape index (κ3) is 5.38. The van der Waals surface area contributed by atoms with Gasteiger partial charge in [-0.2, -0.15) is 0 Å². The second-order valence-corrected chi connectivity index (χ2v) is 9.20. The van der Waals surface area contributed by atoms with Crippen LogP contribution >= 0.6 is 11.3 Å². The van der Waals surface area contributed by atoms with Gasteiger partial charge in [-0.1, -0.05) is 19.4 Å². The number of hydrogen-bond acceptors (Lipinski definition) is 4. The van der Waals surface area contributed by atoms with Crippen LogP contribution in [0.2, 0.25) is 0 Å². The van der Waals surface area contributed by atoms with Gasteiger partial charge in [-0.25, -0.2) is 0 Å². The summed E-state index contributed by atoms with van der Waals surface area (Å²) in [7, 11) is 1.89. The van der Waals surface area contributed by atoms with Gasteiger partial charge in [0.25, 0.3) is 5.91 Å². The Hall–Kier alpha value is -1.89. The Morgan fingerprint density at radius 2 is 1.66 bits per heavy atom. The first-order valence-electron chi connectivity index (χ1n) is 10.9. The van der Waals surface area contributed by atoms with Gasteiger partial charge in [0.1, 0.15) is 0 Å². The van der Waals surface area contributed by atoms with E-state index in [-0.39, 0.29) is 29.6 Å². The Morgan fingerprint density at radius 1 is 1.03 bits per heavy atom. The van der Waals surface area contributed by atoms with E-state index < -0.39 is 0 Å². The van der Waals surface area contributed by atoms with Gasteiger partial charge in [0, 0.05) is 51.6 Å². The van der Waals surface area contributed by atoms with Gasteiger partial charge in [-0.15, -0.1) is 11.3 Å². The highest BCUT2D eigenvalue weighted by Gasteiger charge is 2.34. The van der Waals surface area contributed by atoms with Crippen molar-refractivity contribution in [1.82, 2.24) is 14.7 Å². The van der Waals surface area contributed by atoms with E-state index in [9.17, 15) is 14.4 Å². The largest absolute Gasteiger partial charge is 0.346 e. The third-order valence-electron chi connectivity index (χ3n) is 6.24. The predicted octanol–water partition coefficient (Wildman–Crippen LogP) is 3.10. The van der Waals surface area contributed by atoms with Crippen LogP contribution in [0.15, 0.2) is 17.5 Å². The highest BCUT2D eigenvalue weighted by atomic mass is 32.1. The van der Waals surface area contributed by atoms with Crippen molar-refractivity contribution in [2.75, 3.05) is 39.8 Å². The van der Waals surface area contributed by atoms with Crippen LogP contribution in [0.25, 0.3) is 0 Å². The van der Waals surface area contributed by atoms with Gasteiger partial charge in [0.2, 0.25) is 11.8 Å². The van der Waals surface area contributed by atoms with Crippen molar-refractivity contribution >= 4 is 29.1 Å². The molecule has 1 aromatic heterocycles. The molecule has 2 fully saturated rings. The fourth-order valence-electron chi connectivity index (χ4n) is 4.31. The zero-order valence-electron chi connectivity index (χ0n) is 17.6. The molecule has 0 aliphatic carbocycles. The first-order valence-corrected chi connectivity index (χ1v) is 11.8. The molecular formula is C22H33N3O3S. The highest BCUT2D eigenvalue weighted by molar-refractivity contribution is 7.12. The highest BCUT2D eigenvalue weighted by Crippen LogP contribution is 2.26. The van der Waals surface area contributed by atoms with E-state index in [1.54, 1.807) is 0 Å². The molecular weight excluding hydrogens is 386 g/mol. The van der Waals surface area contributed by atoms with Crippen molar-refractivity contribution in [2.24, 2.45) is 11.8 Å². The lowest BCUT2D eigenvalue weighted by Crippen LogP contribution is -2.48. The topological polar surface area (TPSA) is 60.9 Å². The summed E-state index contributed by atoms with van der Waals surface area (Å²) in [5, 5.41) is 1.92. The second-order valence-electron chi connectivity index (χ2n) is 8.26. The Bertz CT molecular complexity index is 690. The van der Waals surface area contributed by atoms with Crippen molar-refractivity contribution in [3.63, 3.8) is 0 Å². The summed E-state index contributed by atoms with van der Waals surface area (Å²) in [4.78, 5) is 44.4. The summed E-state index contributed by atoms with van der Waals surface area (Å²) >= 11 is 1.47. The van der Waals surface area contributed by atoms with E-state index in [2.05, 4.69) is 6.92 Å². The number of likely N-dealkylation sites (tertiary alicyclic amines) is 2. The quantitative estimate of drug-likeness (QED) is 0.712. The molecule has 7 heteroatoms. The van der Waals surface area contributed by atoms with Crippen LogP contribution in [0.3, 0.4) is 0 Å². The van der Waals surface area contributed by atoms with E-state index in [0.717, 1.165) is 49.9 Å². The fourth-order valence-corrected chi connectivity index (χ4v) is 5.00. The minimum atomic E-state index is 0.00173. The van der Waals surface area contributed by atoms with E-state index >= 15 is 0 Å². The SMILES string of the molecule is CCCCN(C)C(=O)C1CCN(C(=O)C2CCN(C(=O)c3cccs3)CC2)CC1. The summed E-state index contributed by atoms with van der Waals surface area (Å²) < 4.78 is 0. The zero-order valence-corrected chi connectivity index (χ0v) is 18.5. The van der Waals surface area contributed by atoms with E-state index in [4.69, 9.17) is 0 Å². The number of unbranched alkanes of at least 4 members (excludes halogenated alkanes) is 1. The molecule has 0 atom stereocenters.